The summed E-state index contributed by atoms with van der Waals surface area (Å²) in [6.45, 7) is 0. The topological polar surface area (TPSA) is 53.7 Å². The zero-order valence-corrected chi connectivity index (χ0v) is 13.2. The average Bonchev–Trinajstić information content (AvgIpc) is 2.48. The van der Waals surface area contributed by atoms with Crippen molar-refractivity contribution in [2.45, 2.75) is 6.42 Å². The number of nitrogens with two attached hydrogens (primary N) is 1. The molecule has 0 aromatic heterocycles. The van der Waals surface area contributed by atoms with Gasteiger partial charge in [-0.15, -0.1) is 12.4 Å². The molecule has 5 heteroatoms. The molecule has 0 heterocycles. The Morgan fingerprint density at radius 1 is 0.810 bits per heavy atom. The molecule has 2 N–H and O–H groups in total. The van der Waals surface area contributed by atoms with Crippen LogP contribution in [0.25, 0.3) is 0 Å². The van der Waals surface area contributed by atoms with E-state index in [-0.39, 0.29) is 12.4 Å². The Kier molecular flexibility index (Phi) is 6.18. The number of benzene rings is 2. The molecule has 0 fully saturated rings. The second-order valence-electron chi connectivity index (χ2n) is 4.37. The minimum Gasteiger partial charge on any atom is -0.493 e. The van der Waals surface area contributed by atoms with E-state index < -0.39 is 0 Å². The molecule has 114 valence electrons. The summed E-state index contributed by atoms with van der Waals surface area (Å²) in [6, 6.07) is 11.6. The fraction of sp³-hybridized carbons (Fsp3) is 0.250. The van der Waals surface area contributed by atoms with Crippen molar-refractivity contribution in [2.75, 3.05) is 27.1 Å². The third-order valence-electron chi connectivity index (χ3n) is 3.22. The summed E-state index contributed by atoms with van der Waals surface area (Å²) in [7, 11) is 4.82. The van der Waals surface area contributed by atoms with Crippen LogP contribution in [0.15, 0.2) is 36.4 Å². The molecule has 0 atom stereocenters. The molecule has 0 unspecified atom stereocenters. The molecule has 2 rings (SSSR count). The van der Waals surface area contributed by atoms with Crippen LogP contribution in [0.1, 0.15) is 11.1 Å². The standard InChI is InChI=1S/C16H19NO3.ClH/c1-18-14-9-8-12(15(19-2)16(14)20-3)10-11-6-4-5-7-13(11)17;/h4-9H,10,17H2,1-3H3;1H. The van der Waals surface area contributed by atoms with Gasteiger partial charge >= 0.3 is 0 Å². The van der Waals surface area contributed by atoms with Crippen LogP contribution in [0, 0.1) is 0 Å². The summed E-state index contributed by atoms with van der Waals surface area (Å²) in [5.74, 6) is 1.92. The van der Waals surface area contributed by atoms with Crippen molar-refractivity contribution in [3.8, 4) is 17.2 Å². The molecule has 0 aliphatic rings. The Hall–Kier alpha value is -2.07. The lowest BCUT2D eigenvalue weighted by Gasteiger charge is -2.16. The zero-order valence-electron chi connectivity index (χ0n) is 12.4. The highest BCUT2D eigenvalue weighted by Gasteiger charge is 2.16. The van der Waals surface area contributed by atoms with E-state index in [2.05, 4.69) is 0 Å². The van der Waals surface area contributed by atoms with E-state index >= 15 is 0 Å². The number of anilines is 1. The van der Waals surface area contributed by atoms with E-state index in [4.69, 9.17) is 19.9 Å². The monoisotopic (exact) mass is 309 g/mol. The molecule has 2 aromatic carbocycles. The lowest BCUT2D eigenvalue weighted by Crippen LogP contribution is -2.01. The molecule has 0 aliphatic carbocycles. The van der Waals surface area contributed by atoms with Crippen molar-refractivity contribution in [1.29, 1.82) is 0 Å². The Morgan fingerprint density at radius 2 is 1.48 bits per heavy atom. The van der Waals surface area contributed by atoms with Gasteiger partial charge in [-0.05, 0) is 17.7 Å². The van der Waals surface area contributed by atoms with Crippen molar-refractivity contribution in [3.05, 3.63) is 47.5 Å². The van der Waals surface area contributed by atoms with Gasteiger partial charge in [0, 0.05) is 17.7 Å². The highest BCUT2D eigenvalue weighted by atomic mass is 35.5. The predicted octanol–water partition coefficient (Wildman–Crippen LogP) is 3.31. The van der Waals surface area contributed by atoms with Gasteiger partial charge in [0.25, 0.3) is 0 Å². The molecule has 0 saturated heterocycles. The first kappa shape index (κ1) is 17.0. The van der Waals surface area contributed by atoms with Gasteiger partial charge in [-0.3, -0.25) is 0 Å². The molecule has 4 nitrogen and oxygen atoms in total. The van der Waals surface area contributed by atoms with Gasteiger partial charge in [-0.2, -0.15) is 0 Å². The van der Waals surface area contributed by atoms with Gasteiger partial charge in [0.1, 0.15) is 0 Å². The fourth-order valence-electron chi connectivity index (χ4n) is 2.20. The highest BCUT2D eigenvalue weighted by Crippen LogP contribution is 2.40. The normalized spacial score (nSPS) is 9.67. The van der Waals surface area contributed by atoms with Gasteiger partial charge in [-0.25, -0.2) is 0 Å². The fourth-order valence-corrected chi connectivity index (χ4v) is 2.20. The van der Waals surface area contributed by atoms with E-state index in [1.807, 2.05) is 36.4 Å². The van der Waals surface area contributed by atoms with E-state index in [1.54, 1.807) is 21.3 Å². The number of hydrogen-bond donors (Lipinski definition) is 1. The molecule has 0 radical (unpaired) electrons. The van der Waals surface area contributed by atoms with Crippen LogP contribution in [0.5, 0.6) is 17.2 Å². The van der Waals surface area contributed by atoms with Gasteiger partial charge in [0.05, 0.1) is 21.3 Å². The maximum Gasteiger partial charge on any atom is 0.203 e. The van der Waals surface area contributed by atoms with Gasteiger partial charge in [-0.1, -0.05) is 24.3 Å². The number of para-hydroxylation sites is 1. The predicted molar refractivity (Wildman–Crippen MR) is 87.0 cm³/mol. The van der Waals surface area contributed by atoms with Gasteiger partial charge in [0.15, 0.2) is 11.5 Å². The maximum atomic E-state index is 5.99. The van der Waals surface area contributed by atoms with Crippen LogP contribution >= 0.6 is 12.4 Å². The molecule has 0 bridgehead atoms. The number of ether oxygens (including phenoxy) is 3. The minimum atomic E-state index is 0. The third kappa shape index (κ3) is 3.52. The van der Waals surface area contributed by atoms with Gasteiger partial charge < -0.3 is 19.9 Å². The van der Waals surface area contributed by atoms with Crippen molar-refractivity contribution in [1.82, 2.24) is 0 Å². The van der Waals surface area contributed by atoms with Gasteiger partial charge in [0.2, 0.25) is 5.75 Å². The van der Waals surface area contributed by atoms with Crippen molar-refractivity contribution < 1.29 is 14.2 Å². The average molecular weight is 310 g/mol. The first-order valence-electron chi connectivity index (χ1n) is 6.32. The molecular weight excluding hydrogens is 290 g/mol. The molecule has 21 heavy (non-hydrogen) atoms. The number of methoxy groups -OCH3 is 3. The number of hydrogen-bond acceptors (Lipinski definition) is 4. The smallest absolute Gasteiger partial charge is 0.203 e. The van der Waals surface area contributed by atoms with Crippen LogP contribution in [-0.4, -0.2) is 21.3 Å². The van der Waals surface area contributed by atoms with E-state index in [0.29, 0.717) is 23.7 Å². The Balaban J connectivity index is 0.00000220. The molecule has 0 saturated carbocycles. The molecular formula is C16H20ClNO3. The second-order valence-corrected chi connectivity index (χ2v) is 4.37. The maximum absolute atomic E-state index is 5.99. The van der Waals surface area contributed by atoms with E-state index in [9.17, 15) is 0 Å². The SMILES string of the molecule is COc1ccc(Cc2ccccc2N)c(OC)c1OC.Cl. The number of rotatable bonds is 5. The molecule has 0 spiro atoms. The minimum absolute atomic E-state index is 0. The van der Waals surface area contributed by atoms with Crippen LogP contribution in [-0.2, 0) is 6.42 Å². The first-order valence-corrected chi connectivity index (χ1v) is 6.32. The number of halogens is 1. The van der Waals surface area contributed by atoms with E-state index in [0.717, 1.165) is 16.8 Å². The Bertz CT molecular complexity index is 602. The van der Waals surface area contributed by atoms with Crippen LogP contribution in [0.2, 0.25) is 0 Å². The summed E-state index contributed by atoms with van der Waals surface area (Å²) in [6.07, 6.45) is 0.677. The summed E-state index contributed by atoms with van der Waals surface area (Å²) >= 11 is 0. The summed E-state index contributed by atoms with van der Waals surface area (Å²) in [5.41, 5.74) is 8.81. The Labute approximate surface area is 131 Å². The first-order chi connectivity index (χ1) is 9.71. The van der Waals surface area contributed by atoms with Crippen LogP contribution in [0.3, 0.4) is 0 Å². The molecule has 0 aliphatic heterocycles. The van der Waals surface area contributed by atoms with Crippen LogP contribution < -0.4 is 19.9 Å². The lowest BCUT2D eigenvalue weighted by molar-refractivity contribution is 0.322. The van der Waals surface area contributed by atoms with Crippen molar-refractivity contribution in [2.24, 2.45) is 0 Å². The quantitative estimate of drug-likeness (QED) is 0.861. The van der Waals surface area contributed by atoms with Crippen LogP contribution in [0.4, 0.5) is 5.69 Å². The molecule has 0 amide bonds. The molecule has 2 aromatic rings. The second kappa shape index (κ2) is 7.64. The highest BCUT2D eigenvalue weighted by molar-refractivity contribution is 5.85. The summed E-state index contributed by atoms with van der Waals surface area (Å²) in [4.78, 5) is 0. The zero-order chi connectivity index (χ0) is 14.5. The van der Waals surface area contributed by atoms with Crippen molar-refractivity contribution in [3.63, 3.8) is 0 Å². The van der Waals surface area contributed by atoms with Crippen molar-refractivity contribution >= 4 is 18.1 Å². The Morgan fingerprint density at radius 3 is 2.05 bits per heavy atom. The summed E-state index contributed by atoms with van der Waals surface area (Å²) in [5, 5.41) is 0. The van der Waals surface area contributed by atoms with E-state index in [1.165, 1.54) is 0 Å². The third-order valence-corrected chi connectivity index (χ3v) is 3.22. The number of nitrogen functional groups attached to an aromatic ring is 1. The lowest BCUT2D eigenvalue weighted by atomic mass is 10.0. The summed E-state index contributed by atoms with van der Waals surface area (Å²) < 4.78 is 16.1. The largest absolute Gasteiger partial charge is 0.493 e.